The molecule has 0 spiro atoms. The number of nitrogens with zero attached hydrogens (tertiary/aromatic N) is 2. The predicted molar refractivity (Wildman–Crippen MR) is 75.7 cm³/mol. The number of aromatic nitrogens is 3. The Morgan fingerprint density at radius 1 is 1.25 bits per heavy atom. The van der Waals surface area contributed by atoms with Crippen LogP contribution in [0, 0.1) is 5.82 Å². The van der Waals surface area contributed by atoms with Crippen molar-refractivity contribution in [1.82, 2.24) is 20.3 Å². The molecule has 0 saturated carbocycles. The van der Waals surface area contributed by atoms with Gasteiger partial charge in [-0.2, -0.15) is 0 Å². The van der Waals surface area contributed by atoms with Crippen molar-refractivity contribution < 1.29 is 4.39 Å². The molecule has 1 aromatic carbocycles. The molecule has 0 fully saturated rings. The molecule has 3 rings (SSSR count). The van der Waals surface area contributed by atoms with E-state index in [2.05, 4.69) is 20.3 Å². The molecule has 5 heteroatoms. The van der Waals surface area contributed by atoms with Gasteiger partial charge in [0.25, 0.3) is 0 Å². The summed E-state index contributed by atoms with van der Waals surface area (Å²) in [5.41, 5.74) is 2.69. The first-order valence-electron chi connectivity index (χ1n) is 6.55. The molecule has 0 unspecified atom stereocenters. The number of halogens is 1. The zero-order chi connectivity index (χ0) is 13.8. The summed E-state index contributed by atoms with van der Waals surface area (Å²) in [5.74, 6) is 0.617. The summed E-state index contributed by atoms with van der Waals surface area (Å²) in [6.45, 7) is 1.58. The fourth-order valence-electron chi connectivity index (χ4n) is 2.10. The smallest absolute Gasteiger partial charge is 0.125 e. The number of H-pyrrole nitrogens is 1. The summed E-state index contributed by atoms with van der Waals surface area (Å²) in [5, 5.41) is 3.33. The third-order valence-electron chi connectivity index (χ3n) is 3.08. The van der Waals surface area contributed by atoms with Gasteiger partial charge in [-0.1, -0.05) is 6.07 Å². The highest BCUT2D eigenvalue weighted by molar-refractivity contribution is 5.74. The average Bonchev–Trinajstić information content (AvgIpc) is 2.86. The van der Waals surface area contributed by atoms with Crippen molar-refractivity contribution in [2.24, 2.45) is 0 Å². The molecule has 0 aliphatic rings. The van der Waals surface area contributed by atoms with E-state index in [0.29, 0.717) is 0 Å². The summed E-state index contributed by atoms with van der Waals surface area (Å²) in [4.78, 5) is 11.6. The summed E-state index contributed by atoms with van der Waals surface area (Å²) < 4.78 is 13.1. The number of benzene rings is 1. The fraction of sp³-hybridized carbons (Fsp3) is 0.200. The van der Waals surface area contributed by atoms with Gasteiger partial charge in [0.1, 0.15) is 11.6 Å². The number of pyridine rings is 1. The molecule has 102 valence electrons. The minimum atomic E-state index is -0.248. The zero-order valence-corrected chi connectivity index (χ0v) is 10.9. The number of fused-ring (bicyclic) bond motifs is 1. The van der Waals surface area contributed by atoms with Crippen molar-refractivity contribution in [3.05, 3.63) is 59.9 Å². The van der Waals surface area contributed by atoms with Crippen LogP contribution in [0.5, 0.6) is 0 Å². The third-order valence-corrected chi connectivity index (χ3v) is 3.08. The highest BCUT2D eigenvalue weighted by Gasteiger charge is 2.03. The largest absolute Gasteiger partial charge is 0.342 e. The van der Waals surface area contributed by atoms with E-state index in [0.717, 1.165) is 41.9 Å². The van der Waals surface area contributed by atoms with Crippen LogP contribution in [0.25, 0.3) is 11.0 Å². The average molecular weight is 270 g/mol. The standard InChI is InChI=1S/C15H15FN4/c16-12-3-4-13-14(8-12)20-15(19-13)5-7-18-10-11-2-1-6-17-9-11/h1-4,6,8-9,18H,5,7,10H2,(H,19,20). The van der Waals surface area contributed by atoms with Crippen LogP contribution in [0.15, 0.2) is 42.7 Å². The van der Waals surface area contributed by atoms with Crippen LogP contribution >= 0.6 is 0 Å². The molecule has 4 nitrogen and oxygen atoms in total. The quantitative estimate of drug-likeness (QED) is 0.700. The van der Waals surface area contributed by atoms with E-state index in [-0.39, 0.29) is 5.82 Å². The van der Waals surface area contributed by atoms with Crippen LogP contribution in [-0.4, -0.2) is 21.5 Å². The maximum atomic E-state index is 13.1. The molecule has 0 radical (unpaired) electrons. The minimum absolute atomic E-state index is 0.248. The first-order valence-corrected chi connectivity index (χ1v) is 6.55. The van der Waals surface area contributed by atoms with Crippen molar-refractivity contribution in [2.45, 2.75) is 13.0 Å². The Kier molecular flexibility index (Phi) is 3.69. The van der Waals surface area contributed by atoms with Gasteiger partial charge in [-0.25, -0.2) is 9.37 Å². The summed E-state index contributed by atoms with van der Waals surface area (Å²) >= 11 is 0. The summed E-state index contributed by atoms with van der Waals surface area (Å²) in [7, 11) is 0. The van der Waals surface area contributed by atoms with Gasteiger partial charge in [0, 0.05) is 31.9 Å². The molecule has 2 N–H and O–H groups in total. The summed E-state index contributed by atoms with van der Waals surface area (Å²) in [6, 6.07) is 8.53. The molecule has 2 heterocycles. The molecular formula is C15H15FN4. The second kappa shape index (κ2) is 5.79. The van der Waals surface area contributed by atoms with Crippen LogP contribution < -0.4 is 5.32 Å². The predicted octanol–water partition coefficient (Wildman–Crippen LogP) is 2.43. The SMILES string of the molecule is Fc1ccc2nc(CCNCc3cccnc3)[nH]c2c1. The van der Waals surface area contributed by atoms with E-state index in [1.54, 1.807) is 12.3 Å². The molecule has 2 aromatic heterocycles. The molecule has 3 aromatic rings. The van der Waals surface area contributed by atoms with E-state index >= 15 is 0 Å². The van der Waals surface area contributed by atoms with Crippen LogP contribution in [0.2, 0.25) is 0 Å². The first kappa shape index (κ1) is 12.7. The van der Waals surface area contributed by atoms with Crippen molar-refractivity contribution >= 4 is 11.0 Å². The van der Waals surface area contributed by atoms with Gasteiger partial charge in [0.05, 0.1) is 11.0 Å². The van der Waals surface area contributed by atoms with Gasteiger partial charge >= 0.3 is 0 Å². The molecular weight excluding hydrogens is 255 g/mol. The van der Waals surface area contributed by atoms with Crippen LogP contribution in [0.1, 0.15) is 11.4 Å². The first-order chi connectivity index (χ1) is 9.81. The fourth-order valence-corrected chi connectivity index (χ4v) is 2.10. The lowest BCUT2D eigenvalue weighted by Gasteiger charge is -2.02. The lowest BCUT2D eigenvalue weighted by atomic mass is 10.3. The molecule has 0 amide bonds. The van der Waals surface area contributed by atoms with Gasteiger partial charge in [0.2, 0.25) is 0 Å². The zero-order valence-electron chi connectivity index (χ0n) is 10.9. The number of rotatable bonds is 5. The third kappa shape index (κ3) is 3.00. The Hall–Kier alpha value is -2.27. The van der Waals surface area contributed by atoms with E-state index in [1.807, 2.05) is 18.3 Å². The Morgan fingerprint density at radius 2 is 2.20 bits per heavy atom. The molecule has 0 aliphatic heterocycles. The Bertz CT molecular complexity index is 693. The highest BCUT2D eigenvalue weighted by atomic mass is 19.1. The lowest BCUT2D eigenvalue weighted by molar-refractivity contribution is 0.629. The molecule has 0 atom stereocenters. The van der Waals surface area contributed by atoms with E-state index in [9.17, 15) is 4.39 Å². The monoisotopic (exact) mass is 270 g/mol. The second-order valence-corrected chi connectivity index (χ2v) is 4.63. The molecule has 0 saturated heterocycles. The van der Waals surface area contributed by atoms with Gasteiger partial charge in [-0.05, 0) is 29.8 Å². The molecule has 0 bridgehead atoms. The van der Waals surface area contributed by atoms with Crippen molar-refractivity contribution in [3.8, 4) is 0 Å². The van der Waals surface area contributed by atoms with E-state index in [4.69, 9.17) is 0 Å². The van der Waals surface area contributed by atoms with Crippen molar-refractivity contribution in [3.63, 3.8) is 0 Å². The van der Waals surface area contributed by atoms with Crippen molar-refractivity contribution in [2.75, 3.05) is 6.54 Å². The number of aromatic amines is 1. The van der Waals surface area contributed by atoms with Crippen LogP contribution in [-0.2, 0) is 13.0 Å². The number of hydrogen-bond donors (Lipinski definition) is 2. The van der Waals surface area contributed by atoms with Crippen molar-refractivity contribution in [1.29, 1.82) is 0 Å². The lowest BCUT2D eigenvalue weighted by Crippen LogP contribution is -2.17. The van der Waals surface area contributed by atoms with Crippen LogP contribution in [0.4, 0.5) is 4.39 Å². The van der Waals surface area contributed by atoms with Gasteiger partial charge < -0.3 is 10.3 Å². The van der Waals surface area contributed by atoms with Gasteiger partial charge in [-0.15, -0.1) is 0 Å². The van der Waals surface area contributed by atoms with Crippen LogP contribution in [0.3, 0.4) is 0 Å². The molecule has 20 heavy (non-hydrogen) atoms. The van der Waals surface area contributed by atoms with Gasteiger partial charge in [-0.3, -0.25) is 4.98 Å². The summed E-state index contributed by atoms with van der Waals surface area (Å²) in [6.07, 6.45) is 4.38. The Labute approximate surface area is 116 Å². The minimum Gasteiger partial charge on any atom is -0.342 e. The maximum Gasteiger partial charge on any atom is 0.125 e. The highest BCUT2D eigenvalue weighted by Crippen LogP contribution is 2.12. The molecule has 0 aliphatic carbocycles. The van der Waals surface area contributed by atoms with E-state index < -0.39 is 0 Å². The second-order valence-electron chi connectivity index (χ2n) is 4.63. The van der Waals surface area contributed by atoms with Gasteiger partial charge in [0.15, 0.2) is 0 Å². The number of nitrogens with one attached hydrogen (secondary N) is 2. The Balaban J connectivity index is 1.55. The number of hydrogen-bond acceptors (Lipinski definition) is 3. The van der Waals surface area contributed by atoms with E-state index in [1.165, 1.54) is 12.1 Å². The topological polar surface area (TPSA) is 53.6 Å². The normalized spacial score (nSPS) is 11.1. The Morgan fingerprint density at radius 3 is 3.05 bits per heavy atom. The maximum absolute atomic E-state index is 13.1. The number of imidazole rings is 1.